The van der Waals surface area contributed by atoms with E-state index in [4.69, 9.17) is 16.3 Å². The largest absolute Gasteiger partial charge is 0.384 e. The van der Waals surface area contributed by atoms with Crippen molar-refractivity contribution in [3.8, 4) is 11.1 Å². The molecule has 5 heteroatoms. The zero-order valence-corrected chi connectivity index (χ0v) is 21.1. The smallest absolute Gasteiger partial charge is 0.122 e. The number of nitrogens with zero attached hydrogens (tertiary/aromatic N) is 1. The summed E-state index contributed by atoms with van der Waals surface area (Å²) in [6, 6.07) is 27.5. The number of nitrogens with one attached hydrogen (secondary N) is 1. The molecule has 0 aliphatic rings. The van der Waals surface area contributed by atoms with Gasteiger partial charge in [-0.1, -0.05) is 69.3 Å². The van der Waals surface area contributed by atoms with Gasteiger partial charge in [0.2, 0.25) is 0 Å². The minimum absolute atomic E-state index is 0.00400. The van der Waals surface area contributed by atoms with E-state index in [9.17, 15) is 0 Å². The molecule has 0 saturated carbocycles. The van der Waals surface area contributed by atoms with Crippen molar-refractivity contribution in [1.82, 2.24) is 4.57 Å². The summed E-state index contributed by atoms with van der Waals surface area (Å²) in [4.78, 5) is 1.07. The maximum atomic E-state index is 7.77. The van der Waals surface area contributed by atoms with Crippen LogP contribution in [0.15, 0.2) is 90.0 Å². The van der Waals surface area contributed by atoms with Crippen LogP contribution in [0.4, 0.5) is 0 Å². The quantitative estimate of drug-likeness (QED) is 0.144. The molecule has 0 amide bonds. The molecule has 35 heavy (non-hydrogen) atoms. The van der Waals surface area contributed by atoms with Crippen molar-refractivity contribution in [2.75, 3.05) is 0 Å². The summed E-state index contributed by atoms with van der Waals surface area (Å²) in [5, 5.41) is 17.2. The molecule has 1 aromatic heterocycles. The number of hydrogen-bond donors (Lipinski definition) is 3. The molecular formula is C30H30N4S. The molecule has 4 nitrogen and oxygen atoms in total. The molecule has 0 unspecified atom stereocenters. The van der Waals surface area contributed by atoms with Crippen LogP contribution in [0.2, 0.25) is 0 Å². The van der Waals surface area contributed by atoms with Crippen LogP contribution in [0.25, 0.3) is 32.8 Å². The second kappa shape index (κ2) is 8.91. The van der Waals surface area contributed by atoms with Crippen LogP contribution in [-0.4, -0.2) is 10.4 Å². The summed E-state index contributed by atoms with van der Waals surface area (Å²) in [6.45, 7) is 7.56. The van der Waals surface area contributed by atoms with Crippen molar-refractivity contribution in [2.45, 2.75) is 37.6 Å². The van der Waals surface area contributed by atoms with E-state index in [0.717, 1.165) is 33.3 Å². The molecule has 0 saturated heterocycles. The van der Waals surface area contributed by atoms with Crippen LogP contribution in [0, 0.1) is 5.41 Å². The standard InChI is InChI=1S/C30H30N4S/c1-30(2,3)26-18-34(17-19-8-9-20-10-11-22(29(31)32)15-23(20)14-19)27-13-12-21(16-25(26)27)24-6-4-5-7-28(24)35-33/h4-16,18H,17,33H2,1-3H3,(H3,31,32). The van der Waals surface area contributed by atoms with Gasteiger partial charge in [-0.3, -0.25) is 10.5 Å². The van der Waals surface area contributed by atoms with Gasteiger partial charge < -0.3 is 10.3 Å². The second-order valence-corrected chi connectivity index (χ2v) is 10.8. The fourth-order valence-corrected chi connectivity index (χ4v) is 5.23. The molecule has 5 rings (SSSR count). The van der Waals surface area contributed by atoms with Crippen molar-refractivity contribution < 1.29 is 0 Å². The highest BCUT2D eigenvalue weighted by Crippen LogP contribution is 2.37. The molecular weight excluding hydrogens is 448 g/mol. The SMILES string of the molecule is CC(C)(C)c1cn(Cc2ccc3ccc(C(=N)N)cc3c2)c2ccc(-c3ccccc3SN)cc12. The summed E-state index contributed by atoms with van der Waals surface area (Å²) in [6.07, 6.45) is 2.30. The van der Waals surface area contributed by atoms with Crippen molar-refractivity contribution in [2.24, 2.45) is 10.9 Å². The Bertz CT molecular complexity index is 1570. The first-order valence-corrected chi connectivity index (χ1v) is 12.6. The molecule has 4 aromatic carbocycles. The lowest BCUT2D eigenvalue weighted by molar-refractivity contribution is 0.592. The Kier molecular flexibility index (Phi) is 5.91. The molecule has 176 valence electrons. The lowest BCUT2D eigenvalue weighted by Crippen LogP contribution is -2.10. The van der Waals surface area contributed by atoms with Gasteiger partial charge in [-0.2, -0.15) is 0 Å². The Balaban J connectivity index is 1.61. The zero-order chi connectivity index (χ0) is 24.7. The number of aromatic nitrogens is 1. The minimum Gasteiger partial charge on any atom is -0.384 e. The first-order chi connectivity index (χ1) is 16.7. The second-order valence-electron chi connectivity index (χ2n) is 10.1. The Hall–Kier alpha value is -3.54. The molecule has 0 spiro atoms. The van der Waals surface area contributed by atoms with E-state index in [1.54, 1.807) is 0 Å². The fraction of sp³-hybridized carbons (Fsp3) is 0.167. The van der Waals surface area contributed by atoms with Crippen molar-refractivity contribution in [3.05, 3.63) is 102 Å². The zero-order valence-electron chi connectivity index (χ0n) is 20.3. The van der Waals surface area contributed by atoms with Gasteiger partial charge >= 0.3 is 0 Å². The molecule has 0 atom stereocenters. The normalized spacial score (nSPS) is 11.9. The Morgan fingerprint density at radius 2 is 1.69 bits per heavy atom. The van der Waals surface area contributed by atoms with Gasteiger partial charge in [-0.25, -0.2) is 0 Å². The van der Waals surface area contributed by atoms with E-state index >= 15 is 0 Å². The molecule has 0 fully saturated rings. The van der Waals surface area contributed by atoms with Gasteiger partial charge in [0.1, 0.15) is 5.84 Å². The molecule has 0 aliphatic heterocycles. The number of rotatable bonds is 5. The monoisotopic (exact) mass is 478 g/mol. The van der Waals surface area contributed by atoms with Crippen LogP contribution < -0.4 is 10.9 Å². The highest BCUT2D eigenvalue weighted by Gasteiger charge is 2.21. The van der Waals surface area contributed by atoms with Crippen LogP contribution in [-0.2, 0) is 12.0 Å². The lowest BCUT2D eigenvalue weighted by Gasteiger charge is -2.18. The van der Waals surface area contributed by atoms with E-state index in [1.807, 2.05) is 24.3 Å². The molecule has 0 radical (unpaired) electrons. The van der Waals surface area contributed by atoms with E-state index in [0.29, 0.717) is 0 Å². The summed E-state index contributed by atoms with van der Waals surface area (Å²) < 4.78 is 2.35. The highest BCUT2D eigenvalue weighted by molar-refractivity contribution is 7.97. The van der Waals surface area contributed by atoms with Crippen molar-refractivity contribution in [1.29, 1.82) is 5.41 Å². The van der Waals surface area contributed by atoms with Gasteiger partial charge in [0, 0.05) is 34.1 Å². The molecule has 5 N–H and O–H groups in total. The summed E-state index contributed by atoms with van der Waals surface area (Å²) in [7, 11) is 0. The van der Waals surface area contributed by atoms with Crippen LogP contribution in [0.1, 0.15) is 37.5 Å². The van der Waals surface area contributed by atoms with Gasteiger partial charge in [0.05, 0.1) is 0 Å². The van der Waals surface area contributed by atoms with Gasteiger partial charge in [0.15, 0.2) is 0 Å². The third-order valence-corrected chi connectivity index (χ3v) is 7.19. The van der Waals surface area contributed by atoms with Crippen LogP contribution in [0.5, 0.6) is 0 Å². The number of hydrogen-bond acceptors (Lipinski definition) is 3. The van der Waals surface area contributed by atoms with E-state index < -0.39 is 0 Å². The topological polar surface area (TPSA) is 80.8 Å². The number of benzene rings is 4. The first-order valence-electron chi connectivity index (χ1n) is 11.7. The maximum absolute atomic E-state index is 7.77. The maximum Gasteiger partial charge on any atom is 0.122 e. The molecule has 1 heterocycles. The molecule has 0 aliphatic carbocycles. The Labute approximate surface area is 210 Å². The Morgan fingerprint density at radius 3 is 2.43 bits per heavy atom. The molecule has 0 bridgehead atoms. The average molecular weight is 479 g/mol. The lowest BCUT2D eigenvalue weighted by atomic mass is 9.86. The van der Waals surface area contributed by atoms with Crippen LogP contribution in [0.3, 0.4) is 0 Å². The predicted octanol–water partition coefficient (Wildman–Crippen LogP) is 7.06. The Morgan fingerprint density at radius 1 is 0.914 bits per heavy atom. The number of nitrogens with two attached hydrogens (primary N) is 2. The van der Waals surface area contributed by atoms with Crippen molar-refractivity contribution >= 4 is 39.5 Å². The average Bonchev–Trinajstić information content (AvgIpc) is 3.21. The minimum atomic E-state index is 0.00400. The van der Waals surface area contributed by atoms with E-state index in [2.05, 4.69) is 86.1 Å². The van der Waals surface area contributed by atoms with Crippen LogP contribution >= 0.6 is 11.9 Å². The highest BCUT2D eigenvalue weighted by atomic mass is 32.2. The van der Waals surface area contributed by atoms with E-state index in [-0.39, 0.29) is 11.3 Å². The first kappa shape index (κ1) is 23.2. The third-order valence-electron chi connectivity index (χ3n) is 6.58. The number of amidine groups is 1. The number of nitrogen functional groups attached to an aromatic ring is 1. The summed E-state index contributed by atoms with van der Waals surface area (Å²) in [5.41, 5.74) is 12.6. The molecule has 5 aromatic rings. The van der Waals surface area contributed by atoms with Crippen molar-refractivity contribution in [3.63, 3.8) is 0 Å². The van der Waals surface area contributed by atoms with E-state index in [1.165, 1.54) is 39.5 Å². The fourth-order valence-electron chi connectivity index (χ4n) is 4.76. The van der Waals surface area contributed by atoms with Gasteiger partial charge in [-0.05, 0) is 80.7 Å². The third kappa shape index (κ3) is 4.45. The summed E-state index contributed by atoms with van der Waals surface area (Å²) >= 11 is 1.29. The van der Waals surface area contributed by atoms with Gasteiger partial charge in [-0.15, -0.1) is 0 Å². The summed E-state index contributed by atoms with van der Waals surface area (Å²) in [5.74, 6) is 0.0916. The number of fused-ring (bicyclic) bond motifs is 2. The predicted molar refractivity (Wildman–Crippen MR) is 150 cm³/mol. The van der Waals surface area contributed by atoms with Gasteiger partial charge in [0.25, 0.3) is 0 Å².